The molecule has 4 nitrogen and oxygen atoms in total. The van der Waals surface area contributed by atoms with Gasteiger partial charge in [-0.05, 0) is 38.6 Å². The van der Waals surface area contributed by atoms with Crippen LogP contribution in [0.4, 0.5) is 8.78 Å². The molecule has 20 heavy (non-hydrogen) atoms. The van der Waals surface area contributed by atoms with Gasteiger partial charge in [0.15, 0.2) is 0 Å². The van der Waals surface area contributed by atoms with E-state index in [4.69, 9.17) is 0 Å². The van der Waals surface area contributed by atoms with Crippen LogP contribution < -0.4 is 10.1 Å². The summed E-state index contributed by atoms with van der Waals surface area (Å²) in [6.45, 7) is 1.16. The lowest BCUT2D eigenvalue weighted by Gasteiger charge is -2.29. The molecule has 0 atom stereocenters. The third-order valence-electron chi connectivity index (χ3n) is 3.07. The van der Waals surface area contributed by atoms with Gasteiger partial charge < -0.3 is 15.0 Å². The van der Waals surface area contributed by atoms with Crippen molar-refractivity contribution in [1.82, 2.24) is 10.2 Å². The second-order valence-corrected chi connectivity index (χ2v) is 5.06. The zero-order valence-corrected chi connectivity index (χ0v) is 12.1. The predicted molar refractivity (Wildman–Crippen MR) is 72.7 cm³/mol. The second kappa shape index (κ2) is 6.65. The van der Waals surface area contributed by atoms with Crippen molar-refractivity contribution in [3.05, 3.63) is 29.8 Å². The fraction of sp³-hybridized carbons (Fsp3) is 0.500. The van der Waals surface area contributed by atoms with E-state index in [1.807, 2.05) is 0 Å². The molecule has 112 valence electrons. The lowest BCUT2D eigenvalue weighted by molar-refractivity contribution is -0.136. The molecule has 1 rings (SSSR count). The Balaban J connectivity index is 2.67. The van der Waals surface area contributed by atoms with Gasteiger partial charge in [-0.3, -0.25) is 4.79 Å². The van der Waals surface area contributed by atoms with E-state index < -0.39 is 12.2 Å². The van der Waals surface area contributed by atoms with E-state index in [-0.39, 0.29) is 11.7 Å². The molecule has 0 saturated heterocycles. The molecule has 0 heterocycles. The van der Waals surface area contributed by atoms with E-state index in [1.54, 1.807) is 45.0 Å². The van der Waals surface area contributed by atoms with Crippen LogP contribution in [0.2, 0.25) is 0 Å². The molecule has 0 saturated carbocycles. The first-order valence-corrected chi connectivity index (χ1v) is 6.24. The summed E-state index contributed by atoms with van der Waals surface area (Å²) in [4.78, 5) is 13.7. The highest BCUT2D eigenvalue weighted by atomic mass is 19.3. The SMILES string of the molecule is CNC(C)(C)C(=O)N(C)Cc1ccc(OC(F)F)cc1. The minimum Gasteiger partial charge on any atom is -0.435 e. The first-order chi connectivity index (χ1) is 9.26. The highest BCUT2D eigenvalue weighted by Gasteiger charge is 2.28. The maximum absolute atomic E-state index is 12.2. The molecule has 0 aliphatic carbocycles. The summed E-state index contributed by atoms with van der Waals surface area (Å²) in [5, 5.41) is 2.94. The lowest BCUT2D eigenvalue weighted by Crippen LogP contribution is -2.51. The average Bonchev–Trinajstić information content (AvgIpc) is 2.39. The maximum Gasteiger partial charge on any atom is 0.387 e. The quantitative estimate of drug-likeness (QED) is 0.872. The van der Waals surface area contributed by atoms with E-state index in [9.17, 15) is 13.6 Å². The summed E-state index contributed by atoms with van der Waals surface area (Å²) >= 11 is 0. The average molecular weight is 286 g/mol. The van der Waals surface area contributed by atoms with Crippen LogP contribution in [0.3, 0.4) is 0 Å². The zero-order chi connectivity index (χ0) is 15.3. The van der Waals surface area contributed by atoms with Crippen LogP contribution in [0.25, 0.3) is 0 Å². The molecule has 0 fully saturated rings. The van der Waals surface area contributed by atoms with Gasteiger partial charge in [0.05, 0.1) is 5.54 Å². The first-order valence-electron chi connectivity index (χ1n) is 6.24. The molecule has 1 amide bonds. The van der Waals surface area contributed by atoms with E-state index in [2.05, 4.69) is 10.1 Å². The van der Waals surface area contributed by atoms with Crippen LogP contribution in [0.1, 0.15) is 19.4 Å². The number of nitrogens with zero attached hydrogens (tertiary/aromatic N) is 1. The summed E-state index contributed by atoms with van der Waals surface area (Å²) < 4.78 is 28.3. The molecule has 0 aromatic heterocycles. The standard InChI is InChI=1S/C14H20F2N2O2/c1-14(2,17-3)12(19)18(4)9-10-5-7-11(8-6-10)20-13(15)16/h5-8,13,17H,9H2,1-4H3. The number of halogens is 2. The number of ether oxygens (including phenoxy) is 1. The molecule has 0 spiro atoms. The highest BCUT2D eigenvalue weighted by Crippen LogP contribution is 2.16. The summed E-state index contributed by atoms with van der Waals surface area (Å²) in [5.74, 6) is 0.0567. The van der Waals surface area contributed by atoms with Gasteiger partial charge in [0.2, 0.25) is 5.91 Å². The molecule has 0 unspecified atom stereocenters. The van der Waals surface area contributed by atoms with Crippen molar-refractivity contribution in [2.75, 3.05) is 14.1 Å². The minimum absolute atomic E-state index is 0.0482. The Bertz CT molecular complexity index is 447. The van der Waals surface area contributed by atoms with Gasteiger partial charge >= 0.3 is 6.61 Å². The fourth-order valence-electron chi connectivity index (χ4n) is 1.71. The van der Waals surface area contributed by atoms with Crippen LogP contribution in [0.15, 0.2) is 24.3 Å². The number of carbonyl (C=O) groups is 1. The number of alkyl halides is 2. The molecule has 1 aromatic rings. The Kier molecular flexibility index (Phi) is 5.44. The van der Waals surface area contributed by atoms with Crippen LogP contribution >= 0.6 is 0 Å². The summed E-state index contributed by atoms with van der Waals surface area (Å²) in [6, 6.07) is 6.24. The third-order valence-corrected chi connectivity index (χ3v) is 3.07. The molecule has 0 bridgehead atoms. The van der Waals surface area contributed by atoms with E-state index in [1.165, 1.54) is 12.1 Å². The molecule has 0 radical (unpaired) electrons. The third kappa shape index (κ3) is 4.45. The molecule has 0 aliphatic heterocycles. The number of amides is 1. The van der Waals surface area contributed by atoms with Gasteiger partial charge in [-0.1, -0.05) is 12.1 Å². The van der Waals surface area contributed by atoms with Crippen LogP contribution in [-0.4, -0.2) is 37.1 Å². The highest BCUT2D eigenvalue weighted by molar-refractivity contribution is 5.85. The fourth-order valence-corrected chi connectivity index (χ4v) is 1.71. The summed E-state index contributed by atoms with van der Waals surface area (Å²) in [6.07, 6.45) is 0. The monoisotopic (exact) mass is 286 g/mol. The van der Waals surface area contributed by atoms with Crippen molar-refractivity contribution in [2.24, 2.45) is 0 Å². The number of rotatable bonds is 6. The van der Waals surface area contributed by atoms with Crippen LogP contribution in [0.5, 0.6) is 5.75 Å². The van der Waals surface area contributed by atoms with Gasteiger partial charge in [0, 0.05) is 13.6 Å². The largest absolute Gasteiger partial charge is 0.435 e. The molecule has 1 N–H and O–H groups in total. The molecule has 6 heteroatoms. The minimum atomic E-state index is -2.83. The van der Waals surface area contributed by atoms with Crippen molar-refractivity contribution in [2.45, 2.75) is 32.5 Å². The number of hydrogen-bond acceptors (Lipinski definition) is 3. The van der Waals surface area contributed by atoms with E-state index in [0.29, 0.717) is 6.54 Å². The number of carbonyl (C=O) groups excluding carboxylic acids is 1. The Hall–Kier alpha value is -1.69. The predicted octanol–water partition coefficient (Wildman–Crippen LogP) is 2.24. The van der Waals surface area contributed by atoms with Gasteiger partial charge in [-0.2, -0.15) is 8.78 Å². The lowest BCUT2D eigenvalue weighted by atomic mass is 10.0. The molecular formula is C14H20F2N2O2. The molecular weight excluding hydrogens is 266 g/mol. The number of benzene rings is 1. The van der Waals surface area contributed by atoms with E-state index >= 15 is 0 Å². The van der Waals surface area contributed by atoms with E-state index in [0.717, 1.165) is 5.56 Å². The first kappa shape index (κ1) is 16.4. The van der Waals surface area contributed by atoms with Crippen molar-refractivity contribution in [3.8, 4) is 5.75 Å². The Morgan fingerprint density at radius 2 is 1.90 bits per heavy atom. The Morgan fingerprint density at radius 3 is 2.35 bits per heavy atom. The topological polar surface area (TPSA) is 41.6 Å². The van der Waals surface area contributed by atoms with Crippen molar-refractivity contribution in [3.63, 3.8) is 0 Å². The van der Waals surface area contributed by atoms with Gasteiger partial charge in [0.1, 0.15) is 5.75 Å². The van der Waals surface area contributed by atoms with Crippen molar-refractivity contribution < 1.29 is 18.3 Å². The number of hydrogen-bond donors (Lipinski definition) is 1. The van der Waals surface area contributed by atoms with Gasteiger partial charge in [0.25, 0.3) is 0 Å². The zero-order valence-electron chi connectivity index (χ0n) is 12.1. The summed E-state index contributed by atoms with van der Waals surface area (Å²) in [7, 11) is 3.42. The van der Waals surface area contributed by atoms with Gasteiger partial charge in [-0.25, -0.2) is 0 Å². The number of likely N-dealkylation sites (N-methyl/N-ethyl adjacent to an activating group) is 2. The van der Waals surface area contributed by atoms with Gasteiger partial charge in [-0.15, -0.1) is 0 Å². The Labute approximate surface area is 117 Å². The van der Waals surface area contributed by atoms with Crippen molar-refractivity contribution in [1.29, 1.82) is 0 Å². The Morgan fingerprint density at radius 1 is 1.35 bits per heavy atom. The normalized spacial score (nSPS) is 11.6. The molecule has 0 aliphatic rings. The molecule has 1 aromatic carbocycles. The smallest absolute Gasteiger partial charge is 0.387 e. The van der Waals surface area contributed by atoms with Crippen LogP contribution in [0, 0.1) is 0 Å². The van der Waals surface area contributed by atoms with Crippen molar-refractivity contribution >= 4 is 5.91 Å². The van der Waals surface area contributed by atoms with Crippen LogP contribution in [-0.2, 0) is 11.3 Å². The maximum atomic E-state index is 12.2. The second-order valence-electron chi connectivity index (χ2n) is 5.06. The number of nitrogens with one attached hydrogen (secondary N) is 1. The summed E-state index contributed by atoms with van der Waals surface area (Å²) in [5.41, 5.74) is 0.197.